The maximum absolute atomic E-state index is 13.4. The molecule has 0 radical (unpaired) electrons. The van der Waals surface area contributed by atoms with Gasteiger partial charge in [0, 0.05) is 24.5 Å². The molecule has 2 heterocycles. The van der Waals surface area contributed by atoms with Crippen molar-refractivity contribution in [1.82, 2.24) is 14.9 Å². The first-order chi connectivity index (χ1) is 15.9. The molecular formula is C25H28FN3O3S. The molecule has 1 N–H and O–H groups in total. The fourth-order valence-corrected chi connectivity index (χ4v) is 4.70. The summed E-state index contributed by atoms with van der Waals surface area (Å²) in [6.45, 7) is 5.77. The Bertz CT molecular complexity index is 1190. The quantitative estimate of drug-likeness (QED) is 0.391. The van der Waals surface area contributed by atoms with Gasteiger partial charge in [0.25, 0.3) is 11.5 Å². The first-order valence-corrected chi connectivity index (χ1v) is 12.2. The summed E-state index contributed by atoms with van der Waals surface area (Å²) in [4.78, 5) is 30.7. The summed E-state index contributed by atoms with van der Waals surface area (Å²) in [7, 11) is 0. The fourth-order valence-electron chi connectivity index (χ4n) is 3.73. The third kappa shape index (κ3) is 5.81. The van der Waals surface area contributed by atoms with Gasteiger partial charge in [0.15, 0.2) is 5.16 Å². The van der Waals surface area contributed by atoms with E-state index in [4.69, 9.17) is 9.72 Å². The van der Waals surface area contributed by atoms with Crippen LogP contribution in [0.15, 0.2) is 52.4 Å². The van der Waals surface area contributed by atoms with E-state index < -0.39 is 0 Å². The normalized spacial score (nSPS) is 15.9. The Kier molecular flexibility index (Phi) is 7.45. The van der Waals surface area contributed by atoms with E-state index in [1.165, 1.54) is 23.9 Å². The van der Waals surface area contributed by atoms with Crippen LogP contribution in [-0.4, -0.2) is 34.7 Å². The van der Waals surface area contributed by atoms with Crippen LogP contribution in [0.1, 0.15) is 42.6 Å². The van der Waals surface area contributed by atoms with Crippen molar-refractivity contribution in [2.45, 2.75) is 50.2 Å². The van der Waals surface area contributed by atoms with Crippen molar-refractivity contribution in [1.29, 1.82) is 0 Å². The Balaban J connectivity index is 1.67. The molecule has 0 saturated carbocycles. The average molecular weight is 470 g/mol. The largest absolute Gasteiger partial charge is 0.376 e. The summed E-state index contributed by atoms with van der Waals surface area (Å²) < 4.78 is 20.7. The van der Waals surface area contributed by atoms with Gasteiger partial charge in [-0.1, -0.05) is 37.7 Å². The van der Waals surface area contributed by atoms with Crippen LogP contribution in [0.2, 0.25) is 0 Å². The zero-order valence-corrected chi connectivity index (χ0v) is 19.7. The second-order valence-corrected chi connectivity index (χ2v) is 9.64. The van der Waals surface area contributed by atoms with Gasteiger partial charge in [0.1, 0.15) is 5.82 Å². The number of fused-ring (bicyclic) bond motifs is 1. The SMILES string of the molecule is CC(C)CNC(=O)c1ccc2c(=O)n(C[C@H]3CCCO3)c(SCc3ccc(F)cc3)nc2c1. The van der Waals surface area contributed by atoms with Crippen LogP contribution in [0, 0.1) is 11.7 Å². The number of hydrogen-bond donors (Lipinski definition) is 1. The maximum Gasteiger partial charge on any atom is 0.262 e. The molecule has 1 atom stereocenters. The van der Waals surface area contributed by atoms with Crippen LogP contribution in [-0.2, 0) is 17.0 Å². The van der Waals surface area contributed by atoms with Gasteiger partial charge in [-0.05, 0) is 54.7 Å². The van der Waals surface area contributed by atoms with Crippen molar-refractivity contribution in [3.63, 3.8) is 0 Å². The minimum atomic E-state index is -0.286. The predicted octanol–water partition coefficient (Wildman–Crippen LogP) is 4.39. The van der Waals surface area contributed by atoms with Crippen molar-refractivity contribution in [3.05, 3.63) is 69.8 Å². The topological polar surface area (TPSA) is 73.2 Å². The first kappa shape index (κ1) is 23.4. The number of benzene rings is 2. The number of carbonyl (C=O) groups is 1. The smallest absolute Gasteiger partial charge is 0.262 e. The molecule has 4 rings (SSSR count). The molecule has 6 nitrogen and oxygen atoms in total. The zero-order chi connectivity index (χ0) is 23.4. The number of hydrogen-bond acceptors (Lipinski definition) is 5. The van der Waals surface area contributed by atoms with Crippen LogP contribution < -0.4 is 10.9 Å². The maximum atomic E-state index is 13.4. The summed E-state index contributed by atoms with van der Waals surface area (Å²) in [5.41, 5.74) is 1.75. The summed E-state index contributed by atoms with van der Waals surface area (Å²) in [6, 6.07) is 11.3. The highest BCUT2D eigenvalue weighted by Gasteiger charge is 2.21. The minimum absolute atomic E-state index is 0.0202. The Hall–Kier alpha value is -2.71. The highest BCUT2D eigenvalue weighted by atomic mass is 32.2. The van der Waals surface area contributed by atoms with Crippen LogP contribution in [0.25, 0.3) is 10.9 Å². The van der Waals surface area contributed by atoms with E-state index in [-0.39, 0.29) is 23.4 Å². The molecule has 0 bridgehead atoms. The molecule has 0 spiro atoms. The lowest BCUT2D eigenvalue weighted by atomic mass is 10.1. The molecule has 1 fully saturated rings. The summed E-state index contributed by atoms with van der Waals surface area (Å²) in [5.74, 6) is 0.410. The highest BCUT2D eigenvalue weighted by Crippen LogP contribution is 2.24. The van der Waals surface area contributed by atoms with E-state index in [9.17, 15) is 14.0 Å². The standard InChI is InChI=1S/C25H28FN3O3S/c1-16(2)13-27-23(30)18-7-10-21-22(12-18)28-25(33-15-17-5-8-19(26)9-6-17)29(24(21)31)14-20-4-3-11-32-20/h5-10,12,16,20H,3-4,11,13-15H2,1-2H3,(H,27,30)/t20-/m1/s1. The molecule has 8 heteroatoms. The third-order valence-corrected chi connectivity index (χ3v) is 6.59. The molecular weight excluding hydrogens is 441 g/mol. The fraction of sp³-hybridized carbons (Fsp3) is 0.400. The van der Waals surface area contributed by atoms with E-state index in [1.54, 1.807) is 34.9 Å². The van der Waals surface area contributed by atoms with Gasteiger partial charge in [0.2, 0.25) is 0 Å². The molecule has 174 valence electrons. The molecule has 1 aliphatic heterocycles. The van der Waals surface area contributed by atoms with Crippen molar-refractivity contribution in [2.75, 3.05) is 13.2 Å². The number of nitrogens with one attached hydrogen (secondary N) is 1. The first-order valence-electron chi connectivity index (χ1n) is 11.2. The lowest BCUT2D eigenvalue weighted by Crippen LogP contribution is -2.29. The zero-order valence-electron chi connectivity index (χ0n) is 18.8. The number of carbonyl (C=O) groups excluding carboxylic acids is 1. The molecule has 0 unspecified atom stereocenters. The highest BCUT2D eigenvalue weighted by molar-refractivity contribution is 7.98. The van der Waals surface area contributed by atoms with Crippen LogP contribution in [0.5, 0.6) is 0 Å². The molecule has 2 aromatic carbocycles. The monoisotopic (exact) mass is 469 g/mol. The Morgan fingerprint density at radius 3 is 2.76 bits per heavy atom. The average Bonchev–Trinajstić information content (AvgIpc) is 3.32. The Labute approximate surface area is 196 Å². The van der Waals surface area contributed by atoms with Gasteiger partial charge in [-0.3, -0.25) is 14.2 Å². The van der Waals surface area contributed by atoms with E-state index in [2.05, 4.69) is 5.32 Å². The number of rotatable bonds is 8. The van der Waals surface area contributed by atoms with Gasteiger partial charge < -0.3 is 10.1 Å². The van der Waals surface area contributed by atoms with Crippen LogP contribution in [0.3, 0.4) is 0 Å². The van der Waals surface area contributed by atoms with E-state index in [0.29, 0.717) is 53.0 Å². The van der Waals surface area contributed by atoms with Crippen molar-refractivity contribution < 1.29 is 13.9 Å². The second kappa shape index (κ2) is 10.5. The number of halogens is 1. The Morgan fingerprint density at radius 2 is 2.06 bits per heavy atom. The summed E-state index contributed by atoms with van der Waals surface area (Å²) in [6.07, 6.45) is 1.86. The van der Waals surface area contributed by atoms with Gasteiger partial charge in [0.05, 0.1) is 23.6 Å². The van der Waals surface area contributed by atoms with Crippen molar-refractivity contribution in [2.24, 2.45) is 5.92 Å². The lowest BCUT2D eigenvalue weighted by Gasteiger charge is -2.17. The third-order valence-electron chi connectivity index (χ3n) is 5.54. The molecule has 1 amide bonds. The van der Waals surface area contributed by atoms with Crippen molar-refractivity contribution >= 4 is 28.6 Å². The molecule has 1 aromatic heterocycles. The second-order valence-electron chi connectivity index (χ2n) is 8.70. The minimum Gasteiger partial charge on any atom is -0.376 e. The van der Waals surface area contributed by atoms with Gasteiger partial charge in [-0.15, -0.1) is 0 Å². The Morgan fingerprint density at radius 1 is 1.27 bits per heavy atom. The lowest BCUT2D eigenvalue weighted by molar-refractivity contribution is 0.0937. The molecule has 33 heavy (non-hydrogen) atoms. The number of ether oxygens (including phenoxy) is 1. The van der Waals surface area contributed by atoms with E-state index in [1.807, 2.05) is 13.8 Å². The molecule has 1 saturated heterocycles. The van der Waals surface area contributed by atoms with Gasteiger partial charge in [-0.2, -0.15) is 0 Å². The van der Waals surface area contributed by atoms with Gasteiger partial charge >= 0.3 is 0 Å². The number of nitrogens with zero attached hydrogens (tertiary/aromatic N) is 2. The molecule has 1 aliphatic rings. The summed E-state index contributed by atoms with van der Waals surface area (Å²) >= 11 is 1.42. The number of aromatic nitrogens is 2. The number of amides is 1. The van der Waals surface area contributed by atoms with Crippen LogP contribution in [0.4, 0.5) is 4.39 Å². The molecule has 3 aromatic rings. The number of thioether (sulfide) groups is 1. The summed E-state index contributed by atoms with van der Waals surface area (Å²) in [5, 5.41) is 3.93. The van der Waals surface area contributed by atoms with Crippen LogP contribution >= 0.6 is 11.8 Å². The predicted molar refractivity (Wildman–Crippen MR) is 128 cm³/mol. The van der Waals surface area contributed by atoms with E-state index in [0.717, 1.165) is 18.4 Å². The van der Waals surface area contributed by atoms with Crippen molar-refractivity contribution in [3.8, 4) is 0 Å². The van der Waals surface area contributed by atoms with E-state index >= 15 is 0 Å². The molecule has 0 aliphatic carbocycles. The van der Waals surface area contributed by atoms with Gasteiger partial charge in [-0.25, -0.2) is 9.37 Å².